The Balaban J connectivity index is 1.62. The maximum atomic E-state index is 12.5. The molecule has 0 unspecified atom stereocenters. The summed E-state index contributed by atoms with van der Waals surface area (Å²) in [5.41, 5.74) is 3.12. The molecule has 0 aliphatic heterocycles. The van der Waals surface area contributed by atoms with Gasteiger partial charge in [-0.2, -0.15) is 0 Å². The van der Waals surface area contributed by atoms with Gasteiger partial charge in [-0.3, -0.25) is 4.79 Å². The van der Waals surface area contributed by atoms with E-state index in [0.717, 1.165) is 16.9 Å². The van der Waals surface area contributed by atoms with Gasteiger partial charge in [-0.25, -0.2) is 4.68 Å². The van der Waals surface area contributed by atoms with E-state index >= 15 is 0 Å². The van der Waals surface area contributed by atoms with Crippen LogP contribution in [0.3, 0.4) is 0 Å². The Bertz CT molecular complexity index is 955. The van der Waals surface area contributed by atoms with E-state index in [4.69, 9.17) is 10.6 Å². The van der Waals surface area contributed by atoms with Gasteiger partial charge in [-0.05, 0) is 42.3 Å². The Morgan fingerprint density at radius 1 is 1.18 bits per heavy atom. The van der Waals surface area contributed by atoms with E-state index in [1.807, 2.05) is 55.5 Å². The first-order chi connectivity index (χ1) is 13.5. The monoisotopic (exact) mass is 397 g/mol. The standard InChI is InChI=1S/C20H23N5O2S/c1-14-6-4-5-7-16(14)12-24(2)18(26)13-28-20-23-22-19(25(20)21)15-8-10-17(27-3)11-9-15/h4-11H,12-13,21H2,1-3H3. The maximum absolute atomic E-state index is 12.5. The van der Waals surface area contributed by atoms with Crippen LogP contribution < -0.4 is 10.6 Å². The summed E-state index contributed by atoms with van der Waals surface area (Å²) in [6.45, 7) is 2.61. The SMILES string of the molecule is COc1ccc(-c2nnc(SCC(=O)N(C)Cc3ccccc3C)n2N)cc1. The number of carbonyl (C=O) groups excluding carboxylic acids is 1. The van der Waals surface area contributed by atoms with E-state index in [2.05, 4.69) is 10.2 Å². The van der Waals surface area contributed by atoms with Crippen LogP contribution in [0.1, 0.15) is 11.1 Å². The van der Waals surface area contributed by atoms with E-state index in [0.29, 0.717) is 17.5 Å². The highest BCUT2D eigenvalue weighted by Gasteiger charge is 2.16. The molecule has 0 spiro atoms. The van der Waals surface area contributed by atoms with Crippen LogP contribution in [0.4, 0.5) is 0 Å². The first kappa shape index (κ1) is 19.8. The van der Waals surface area contributed by atoms with E-state index in [9.17, 15) is 4.79 Å². The molecule has 0 saturated heterocycles. The average molecular weight is 398 g/mol. The van der Waals surface area contributed by atoms with Crippen LogP contribution >= 0.6 is 11.8 Å². The molecule has 1 heterocycles. The fraction of sp³-hybridized carbons (Fsp3) is 0.250. The van der Waals surface area contributed by atoms with Crippen molar-refractivity contribution in [2.75, 3.05) is 25.8 Å². The van der Waals surface area contributed by atoms with Gasteiger partial charge >= 0.3 is 0 Å². The molecule has 3 rings (SSSR count). The van der Waals surface area contributed by atoms with Crippen molar-refractivity contribution >= 4 is 17.7 Å². The van der Waals surface area contributed by atoms with Gasteiger partial charge in [0.05, 0.1) is 12.9 Å². The van der Waals surface area contributed by atoms with Crippen molar-refractivity contribution in [3.63, 3.8) is 0 Å². The quantitative estimate of drug-likeness (QED) is 0.487. The number of nitrogen functional groups attached to an aromatic ring is 1. The summed E-state index contributed by atoms with van der Waals surface area (Å²) in [6, 6.07) is 15.4. The smallest absolute Gasteiger partial charge is 0.233 e. The highest BCUT2D eigenvalue weighted by Crippen LogP contribution is 2.23. The van der Waals surface area contributed by atoms with Crippen LogP contribution in [0.25, 0.3) is 11.4 Å². The molecule has 8 heteroatoms. The summed E-state index contributed by atoms with van der Waals surface area (Å²) in [4.78, 5) is 14.2. The van der Waals surface area contributed by atoms with Crippen molar-refractivity contribution < 1.29 is 9.53 Å². The molecule has 0 radical (unpaired) electrons. The molecule has 0 atom stereocenters. The number of rotatable bonds is 7. The molecule has 0 aliphatic carbocycles. The molecule has 0 saturated carbocycles. The summed E-state index contributed by atoms with van der Waals surface area (Å²) in [5.74, 6) is 7.65. The van der Waals surface area contributed by atoms with Crippen LogP contribution in [-0.2, 0) is 11.3 Å². The predicted molar refractivity (Wildman–Crippen MR) is 111 cm³/mol. The Morgan fingerprint density at radius 3 is 2.57 bits per heavy atom. The number of nitrogens with two attached hydrogens (primary N) is 1. The molecular weight excluding hydrogens is 374 g/mol. The predicted octanol–water partition coefficient (Wildman–Crippen LogP) is 2.73. The second-order valence-corrected chi connectivity index (χ2v) is 7.31. The number of nitrogens with zero attached hydrogens (tertiary/aromatic N) is 4. The zero-order valence-corrected chi connectivity index (χ0v) is 16.9. The number of carbonyl (C=O) groups is 1. The summed E-state index contributed by atoms with van der Waals surface area (Å²) in [7, 11) is 3.41. The number of hydrogen-bond acceptors (Lipinski definition) is 6. The molecule has 0 fully saturated rings. The molecule has 28 heavy (non-hydrogen) atoms. The minimum atomic E-state index is 0.00208. The second-order valence-electron chi connectivity index (χ2n) is 6.37. The van der Waals surface area contributed by atoms with Crippen molar-refractivity contribution in [3.05, 3.63) is 59.7 Å². The minimum Gasteiger partial charge on any atom is -0.497 e. The Morgan fingerprint density at radius 2 is 1.89 bits per heavy atom. The molecule has 2 aromatic carbocycles. The Labute approximate surface area is 168 Å². The Hall–Kier alpha value is -3.00. The number of benzene rings is 2. The van der Waals surface area contributed by atoms with E-state index in [1.54, 1.807) is 19.1 Å². The molecular formula is C20H23N5O2S. The second kappa shape index (κ2) is 8.79. The van der Waals surface area contributed by atoms with Crippen LogP contribution in [0, 0.1) is 6.92 Å². The van der Waals surface area contributed by atoms with E-state index < -0.39 is 0 Å². The van der Waals surface area contributed by atoms with E-state index in [-0.39, 0.29) is 11.7 Å². The average Bonchev–Trinajstić information content (AvgIpc) is 3.08. The van der Waals surface area contributed by atoms with Gasteiger partial charge in [-0.1, -0.05) is 36.0 Å². The lowest BCUT2D eigenvalue weighted by Gasteiger charge is -2.18. The number of aryl methyl sites for hydroxylation is 1. The van der Waals surface area contributed by atoms with Gasteiger partial charge in [0.1, 0.15) is 5.75 Å². The molecule has 3 aromatic rings. The highest BCUT2D eigenvalue weighted by molar-refractivity contribution is 7.99. The first-order valence-electron chi connectivity index (χ1n) is 8.75. The van der Waals surface area contributed by atoms with Gasteiger partial charge in [0.15, 0.2) is 5.82 Å². The van der Waals surface area contributed by atoms with Crippen LogP contribution in [-0.4, -0.2) is 45.6 Å². The highest BCUT2D eigenvalue weighted by atomic mass is 32.2. The third-order valence-electron chi connectivity index (χ3n) is 4.43. The molecule has 2 N–H and O–H groups in total. The number of amides is 1. The van der Waals surface area contributed by atoms with Crippen LogP contribution in [0.2, 0.25) is 0 Å². The number of ether oxygens (including phenoxy) is 1. The first-order valence-corrected chi connectivity index (χ1v) is 9.74. The van der Waals surface area contributed by atoms with Gasteiger partial charge in [0.2, 0.25) is 11.1 Å². The van der Waals surface area contributed by atoms with Crippen LogP contribution in [0.5, 0.6) is 5.75 Å². The Kier molecular flexibility index (Phi) is 6.20. The largest absolute Gasteiger partial charge is 0.497 e. The van der Waals surface area contributed by atoms with Crippen molar-refractivity contribution in [1.29, 1.82) is 0 Å². The third-order valence-corrected chi connectivity index (χ3v) is 5.36. The van der Waals surface area contributed by atoms with Crippen molar-refractivity contribution in [2.24, 2.45) is 0 Å². The lowest BCUT2D eigenvalue weighted by molar-refractivity contribution is -0.127. The number of aromatic nitrogens is 3. The fourth-order valence-corrected chi connectivity index (χ4v) is 3.48. The number of thioether (sulfide) groups is 1. The normalized spacial score (nSPS) is 10.7. The van der Waals surface area contributed by atoms with Crippen molar-refractivity contribution in [1.82, 2.24) is 19.8 Å². The summed E-state index contributed by atoms with van der Waals surface area (Å²) < 4.78 is 6.56. The topological polar surface area (TPSA) is 86.3 Å². The summed E-state index contributed by atoms with van der Waals surface area (Å²) in [5, 5.41) is 8.75. The summed E-state index contributed by atoms with van der Waals surface area (Å²) in [6.07, 6.45) is 0. The van der Waals surface area contributed by atoms with Crippen molar-refractivity contribution in [2.45, 2.75) is 18.6 Å². The minimum absolute atomic E-state index is 0.00208. The molecule has 0 aliphatic rings. The van der Waals surface area contributed by atoms with Gasteiger partial charge in [0, 0.05) is 19.2 Å². The van der Waals surface area contributed by atoms with Crippen LogP contribution in [0.15, 0.2) is 53.7 Å². The number of methoxy groups -OCH3 is 1. The molecule has 1 aromatic heterocycles. The maximum Gasteiger partial charge on any atom is 0.233 e. The van der Waals surface area contributed by atoms with E-state index in [1.165, 1.54) is 22.0 Å². The zero-order chi connectivity index (χ0) is 20.1. The third kappa shape index (κ3) is 4.45. The molecule has 146 valence electrons. The number of hydrogen-bond donors (Lipinski definition) is 1. The zero-order valence-electron chi connectivity index (χ0n) is 16.1. The lowest BCUT2D eigenvalue weighted by Crippen LogP contribution is -2.28. The molecule has 0 bridgehead atoms. The molecule has 7 nitrogen and oxygen atoms in total. The van der Waals surface area contributed by atoms with Gasteiger partial charge < -0.3 is 15.5 Å². The van der Waals surface area contributed by atoms with Gasteiger partial charge in [0.25, 0.3) is 0 Å². The summed E-state index contributed by atoms with van der Waals surface area (Å²) >= 11 is 1.27. The lowest BCUT2D eigenvalue weighted by atomic mass is 10.1. The fourth-order valence-electron chi connectivity index (χ4n) is 2.68. The molecule has 1 amide bonds. The van der Waals surface area contributed by atoms with Crippen molar-refractivity contribution in [3.8, 4) is 17.1 Å². The van der Waals surface area contributed by atoms with Gasteiger partial charge in [-0.15, -0.1) is 10.2 Å².